The summed E-state index contributed by atoms with van der Waals surface area (Å²) in [6.45, 7) is 8.70. The van der Waals surface area contributed by atoms with Crippen molar-refractivity contribution in [1.82, 2.24) is 0 Å². The zero-order valence-corrected chi connectivity index (χ0v) is 14.4. The molecule has 1 aromatic rings. The lowest BCUT2D eigenvalue weighted by Crippen LogP contribution is -2.37. The summed E-state index contributed by atoms with van der Waals surface area (Å²) in [4.78, 5) is 13.1. The number of hydrogen-bond acceptors (Lipinski definition) is 3. The molecule has 0 aromatic heterocycles. The van der Waals surface area contributed by atoms with E-state index in [0.717, 1.165) is 24.8 Å². The molecule has 1 N–H and O–H groups in total. The summed E-state index contributed by atoms with van der Waals surface area (Å²) in [5.41, 5.74) is 1.36. The summed E-state index contributed by atoms with van der Waals surface area (Å²) in [7, 11) is 3.20. The average molecular weight is 315 g/mol. The van der Waals surface area contributed by atoms with E-state index < -0.39 is 5.41 Å². The summed E-state index contributed by atoms with van der Waals surface area (Å²) in [6, 6.07) is 5.42. The molecule has 0 heterocycles. The van der Waals surface area contributed by atoms with Gasteiger partial charge in [-0.3, -0.25) is 4.79 Å². The Bertz CT molecular complexity index is 665. The van der Waals surface area contributed by atoms with Gasteiger partial charge in [0, 0.05) is 6.07 Å². The molecule has 1 aromatic carbocycles. The molecular formula is C19H25NO3. The highest BCUT2D eigenvalue weighted by Crippen LogP contribution is 2.65. The minimum atomic E-state index is -0.431. The fraction of sp³-hybridized carbons (Fsp3) is 0.526. The Morgan fingerprint density at radius 2 is 2.04 bits per heavy atom. The third kappa shape index (κ3) is 2.23. The van der Waals surface area contributed by atoms with Crippen molar-refractivity contribution in [2.45, 2.75) is 33.1 Å². The third-order valence-corrected chi connectivity index (χ3v) is 5.98. The number of methoxy groups -OCH3 is 2. The molecule has 2 fully saturated rings. The zero-order valence-electron chi connectivity index (χ0n) is 14.4. The van der Waals surface area contributed by atoms with E-state index in [0.29, 0.717) is 23.1 Å². The molecular weight excluding hydrogens is 290 g/mol. The number of fused-ring (bicyclic) bond motifs is 2. The number of carbonyl (C=O) groups is 1. The SMILES string of the molecule is C=C1C(C)(C)[C@H]2CC[C@]1(C(=O)Nc1ccc(OC)cc1OC)C2. The number of benzene rings is 1. The molecule has 0 aliphatic heterocycles. The highest BCUT2D eigenvalue weighted by molar-refractivity contribution is 5.99. The van der Waals surface area contributed by atoms with Crippen molar-refractivity contribution in [3.63, 3.8) is 0 Å². The van der Waals surface area contributed by atoms with E-state index in [9.17, 15) is 4.79 Å². The summed E-state index contributed by atoms with van der Waals surface area (Å²) in [5, 5.41) is 3.06. The molecule has 2 atom stereocenters. The quantitative estimate of drug-likeness (QED) is 0.854. The Morgan fingerprint density at radius 3 is 2.61 bits per heavy atom. The van der Waals surface area contributed by atoms with Crippen LogP contribution in [0.2, 0.25) is 0 Å². The molecule has 124 valence electrons. The van der Waals surface area contributed by atoms with Gasteiger partial charge in [-0.2, -0.15) is 0 Å². The molecule has 1 amide bonds. The molecule has 2 saturated carbocycles. The van der Waals surface area contributed by atoms with Gasteiger partial charge in [0.05, 0.1) is 25.3 Å². The standard InChI is InChI=1S/C19H25NO3/c1-12-18(2,3)13-8-9-19(12,11-13)17(21)20-15-7-6-14(22-4)10-16(15)23-5/h6-7,10,13H,1,8-9,11H2,2-5H3,(H,20,21)/t13-,19-/m0/s1. The van der Waals surface area contributed by atoms with Crippen LogP contribution in [0.15, 0.2) is 30.4 Å². The highest BCUT2D eigenvalue weighted by Gasteiger charge is 2.60. The van der Waals surface area contributed by atoms with E-state index in [1.807, 2.05) is 12.1 Å². The predicted molar refractivity (Wildman–Crippen MR) is 90.9 cm³/mol. The number of carbonyl (C=O) groups excluding carboxylic acids is 1. The van der Waals surface area contributed by atoms with Gasteiger partial charge in [-0.15, -0.1) is 0 Å². The smallest absolute Gasteiger partial charge is 0.234 e. The van der Waals surface area contributed by atoms with Crippen molar-refractivity contribution in [3.05, 3.63) is 30.4 Å². The number of nitrogens with one attached hydrogen (secondary N) is 1. The predicted octanol–water partition coefficient (Wildman–Crippen LogP) is 4.02. The number of anilines is 1. The van der Waals surface area contributed by atoms with E-state index in [2.05, 4.69) is 25.7 Å². The van der Waals surface area contributed by atoms with Crippen LogP contribution in [0.4, 0.5) is 5.69 Å². The van der Waals surface area contributed by atoms with Crippen LogP contribution in [0.5, 0.6) is 11.5 Å². The van der Waals surface area contributed by atoms with E-state index in [1.165, 1.54) is 0 Å². The lowest BCUT2D eigenvalue weighted by Gasteiger charge is -2.37. The molecule has 4 heteroatoms. The maximum Gasteiger partial charge on any atom is 0.234 e. The first kappa shape index (κ1) is 15.9. The largest absolute Gasteiger partial charge is 0.497 e. The second-order valence-corrected chi connectivity index (χ2v) is 7.24. The number of hydrogen-bond donors (Lipinski definition) is 1. The Balaban J connectivity index is 1.87. The van der Waals surface area contributed by atoms with Crippen molar-refractivity contribution in [2.24, 2.45) is 16.7 Å². The van der Waals surface area contributed by atoms with Crippen molar-refractivity contribution < 1.29 is 14.3 Å². The van der Waals surface area contributed by atoms with Crippen molar-refractivity contribution in [2.75, 3.05) is 19.5 Å². The average Bonchev–Trinajstić information content (AvgIpc) is 3.07. The fourth-order valence-electron chi connectivity index (χ4n) is 4.29. The molecule has 23 heavy (non-hydrogen) atoms. The molecule has 2 aliphatic carbocycles. The fourth-order valence-corrected chi connectivity index (χ4v) is 4.29. The molecule has 0 radical (unpaired) electrons. The van der Waals surface area contributed by atoms with Crippen LogP contribution in [0, 0.1) is 16.7 Å². The van der Waals surface area contributed by atoms with Crippen LogP contribution >= 0.6 is 0 Å². The molecule has 0 spiro atoms. The minimum absolute atomic E-state index is 0.0408. The number of ether oxygens (including phenoxy) is 2. The van der Waals surface area contributed by atoms with Crippen molar-refractivity contribution in [1.29, 1.82) is 0 Å². The molecule has 2 bridgehead atoms. The van der Waals surface area contributed by atoms with Crippen LogP contribution in [-0.4, -0.2) is 20.1 Å². The van der Waals surface area contributed by atoms with Gasteiger partial charge in [0.15, 0.2) is 0 Å². The lowest BCUT2D eigenvalue weighted by molar-refractivity contribution is -0.123. The maximum atomic E-state index is 13.1. The Morgan fingerprint density at radius 1 is 1.30 bits per heavy atom. The maximum absolute atomic E-state index is 13.1. The van der Waals surface area contributed by atoms with E-state index in [-0.39, 0.29) is 11.3 Å². The van der Waals surface area contributed by atoms with E-state index >= 15 is 0 Å². The van der Waals surface area contributed by atoms with Crippen molar-refractivity contribution >= 4 is 11.6 Å². The molecule has 3 rings (SSSR count). The third-order valence-electron chi connectivity index (χ3n) is 5.98. The van der Waals surface area contributed by atoms with Gasteiger partial charge in [-0.25, -0.2) is 0 Å². The van der Waals surface area contributed by atoms with Crippen LogP contribution in [0.3, 0.4) is 0 Å². The summed E-state index contributed by atoms with van der Waals surface area (Å²) < 4.78 is 10.6. The first-order valence-electron chi connectivity index (χ1n) is 8.08. The van der Waals surface area contributed by atoms with Gasteiger partial charge in [0.25, 0.3) is 0 Å². The first-order valence-corrected chi connectivity index (χ1v) is 8.08. The van der Waals surface area contributed by atoms with Gasteiger partial charge < -0.3 is 14.8 Å². The first-order chi connectivity index (χ1) is 10.8. The Hall–Kier alpha value is -1.97. The van der Waals surface area contributed by atoms with Gasteiger partial charge in [0.1, 0.15) is 11.5 Å². The van der Waals surface area contributed by atoms with Gasteiger partial charge in [-0.1, -0.05) is 26.0 Å². The number of rotatable bonds is 4. The zero-order chi connectivity index (χ0) is 16.8. The summed E-state index contributed by atoms with van der Waals surface area (Å²) in [6.07, 6.45) is 2.90. The molecule has 0 saturated heterocycles. The second kappa shape index (κ2) is 5.29. The highest BCUT2D eigenvalue weighted by atomic mass is 16.5. The van der Waals surface area contributed by atoms with Crippen LogP contribution in [-0.2, 0) is 4.79 Å². The van der Waals surface area contributed by atoms with Crippen LogP contribution < -0.4 is 14.8 Å². The normalized spacial score (nSPS) is 27.8. The summed E-state index contributed by atoms with van der Waals surface area (Å²) >= 11 is 0. The Kier molecular flexibility index (Phi) is 3.66. The van der Waals surface area contributed by atoms with Crippen molar-refractivity contribution in [3.8, 4) is 11.5 Å². The minimum Gasteiger partial charge on any atom is -0.497 e. The van der Waals surface area contributed by atoms with Crippen LogP contribution in [0.25, 0.3) is 0 Å². The van der Waals surface area contributed by atoms with Gasteiger partial charge in [0.2, 0.25) is 5.91 Å². The molecule has 2 aliphatic rings. The second-order valence-electron chi connectivity index (χ2n) is 7.24. The van der Waals surface area contributed by atoms with E-state index in [1.54, 1.807) is 20.3 Å². The van der Waals surface area contributed by atoms with Gasteiger partial charge >= 0.3 is 0 Å². The molecule has 0 unspecified atom stereocenters. The monoisotopic (exact) mass is 315 g/mol. The number of amides is 1. The Labute approximate surface area is 137 Å². The van der Waals surface area contributed by atoms with E-state index in [4.69, 9.17) is 9.47 Å². The van der Waals surface area contributed by atoms with Crippen LogP contribution in [0.1, 0.15) is 33.1 Å². The molecule has 4 nitrogen and oxygen atoms in total. The summed E-state index contributed by atoms with van der Waals surface area (Å²) in [5.74, 6) is 1.90. The van der Waals surface area contributed by atoms with Gasteiger partial charge in [-0.05, 0) is 42.7 Å². The lowest BCUT2D eigenvalue weighted by atomic mass is 9.68. The topological polar surface area (TPSA) is 47.6 Å².